The Kier molecular flexibility index (Phi) is 7.95. The Morgan fingerprint density at radius 1 is 1.04 bits per heavy atom. The summed E-state index contributed by atoms with van der Waals surface area (Å²) in [6, 6.07) is 14.7. The molecule has 0 aliphatic rings. The van der Waals surface area contributed by atoms with Gasteiger partial charge in [-0.1, -0.05) is 59.6 Å². The molecule has 1 amide bonds. The molecule has 6 heteroatoms. The van der Waals surface area contributed by atoms with Crippen LogP contribution in [0.4, 0.5) is 5.69 Å². The van der Waals surface area contributed by atoms with Crippen molar-refractivity contribution in [1.82, 2.24) is 0 Å². The molecule has 0 fully saturated rings. The minimum absolute atomic E-state index is 0.165. The van der Waals surface area contributed by atoms with Gasteiger partial charge in [-0.25, -0.2) is 0 Å². The lowest BCUT2D eigenvalue weighted by Gasteiger charge is -2.16. The number of carbonyl (C=O) groups excluding carboxylic acids is 2. The number of amides is 1. The third kappa shape index (κ3) is 6.04. The van der Waals surface area contributed by atoms with Gasteiger partial charge in [-0.05, 0) is 37.5 Å². The first kappa shape index (κ1) is 20.3. The van der Waals surface area contributed by atoms with Crippen LogP contribution >= 0.6 is 23.2 Å². The molecule has 2 aromatic rings. The zero-order valence-corrected chi connectivity index (χ0v) is 16.0. The van der Waals surface area contributed by atoms with E-state index in [2.05, 4.69) is 5.32 Å². The number of para-hydroxylation sites is 1. The van der Waals surface area contributed by atoms with Gasteiger partial charge in [0.1, 0.15) is 0 Å². The van der Waals surface area contributed by atoms with Gasteiger partial charge in [0.25, 0.3) is 0 Å². The van der Waals surface area contributed by atoms with Crippen LogP contribution in [-0.2, 0) is 20.7 Å². The Morgan fingerprint density at radius 2 is 1.69 bits per heavy atom. The van der Waals surface area contributed by atoms with Crippen molar-refractivity contribution in [1.29, 1.82) is 0 Å². The van der Waals surface area contributed by atoms with Crippen molar-refractivity contribution in [2.45, 2.75) is 26.2 Å². The fourth-order valence-electron chi connectivity index (χ4n) is 2.59. The summed E-state index contributed by atoms with van der Waals surface area (Å²) < 4.78 is 5.15. The van der Waals surface area contributed by atoms with E-state index in [0.717, 1.165) is 5.56 Å². The summed E-state index contributed by atoms with van der Waals surface area (Å²) in [5.74, 6) is -0.924. The van der Waals surface area contributed by atoms with Gasteiger partial charge in [0, 0.05) is 6.42 Å². The molecule has 1 N–H and O–H groups in total. The predicted octanol–water partition coefficient (Wildman–Crippen LogP) is 5.13. The van der Waals surface area contributed by atoms with E-state index in [9.17, 15) is 9.59 Å². The van der Waals surface area contributed by atoms with Crippen LogP contribution in [0.3, 0.4) is 0 Å². The number of ether oxygens (including phenoxy) is 1. The number of hydrogen-bond acceptors (Lipinski definition) is 3. The zero-order valence-electron chi connectivity index (χ0n) is 14.5. The first-order valence-corrected chi connectivity index (χ1v) is 9.21. The Bertz CT molecular complexity index is 730. The van der Waals surface area contributed by atoms with E-state index >= 15 is 0 Å². The quantitative estimate of drug-likeness (QED) is 0.632. The number of carbonyl (C=O) groups is 2. The van der Waals surface area contributed by atoms with Crippen molar-refractivity contribution in [3.63, 3.8) is 0 Å². The summed E-state index contributed by atoms with van der Waals surface area (Å²) in [5.41, 5.74) is 1.41. The second kappa shape index (κ2) is 10.2. The smallest absolute Gasteiger partial charge is 0.309 e. The van der Waals surface area contributed by atoms with Gasteiger partial charge in [-0.2, -0.15) is 0 Å². The number of nitrogens with one attached hydrogen (secondary N) is 1. The summed E-state index contributed by atoms with van der Waals surface area (Å²) in [6.07, 6.45) is 1.07. The van der Waals surface area contributed by atoms with Gasteiger partial charge in [0.15, 0.2) is 0 Å². The van der Waals surface area contributed by atoms with Gasteiger partial charge in [0.05, 0.1) is 28.3 Å². The largest absolute Gasteiger partial charge is 0.466 e. The highest BCUT2D eigenvalue weighted by atomic mass is 35.5. The number of rotatable bonds is 8. The molecule has 1 atom stereocenters. The lowest BCUT2D eigenvalue weighted by Crippen LogP contribution is -2.22. The first-order chi connectivity index (χ1) is 12.5. The van der Waals surface area contributed by atoms with Gasteiger partial charge in [-0.15, -0.1) is 0 Å². The Balaban J connectivity index is 1.99. The van der Waals surface area contributed by atoms with Crippen molar-refractivity contribution in [3.05, 3.63) is 64.1 Å². The fourth-order valence-corrected chi connectivity index (χ4v) is 3.08. The van der Waals surface area contributed by atoms with Crippen LogP contribution in [-0.4, -0.2) is 18.5 Å². The van der Waals surface area contributed by atoms with Crippen LogP contribution < -0.4 is 5.32 Å². The maximum absolute atomic E-state index is 12.3. The highest BCUT2D eigenvalue weighted by Crippen LogP contribution is 2.30. The van der Waals surface area contributed by atoms with Crippen molar-refractivity contribution < 1.29 is 14.3 Å². The van der Waals surface area contributed by atoms with E-state index in [4.69, 9.17) is 27.9 Å². The lowest BCUT2D eigenvalue weighted by atomic mass is 9.94. The number of anilines is 1. The van der Waals surface area contributed by atoms with E-state index in [1.807, 2.05) is 30.3 Å². The summed E-state index contributed by atoms with van der Waals surface area (Å²) >= 11 is 12.1. The third-order valence-electron chi connectivity index (χ3n) is 3.89. The molecule has 0 spiro atoms. The van der Waals surface area contributed by atoms with E-state index in [0.29, 0.717) is 35.2 Å². The molecule has 0 aliphatic heterocycles. The molecular weight excluding hydrogens is 373 g/mol. The molecule has 0 saturated heterocycles. The molecule has 2 rings (SSSR count). The van der Waals surface area contributed by atoms with Crippen molar-refractivity contribution in [3.8, 4) is 0 Å². The summed E-state index contributed by atoms with van der Waals surface area (Å²) in [7, 11) is 0. The van der Waals surface area contributed by atoms with E-state index in [-0.39, 0.29) is 24.2 Å². The molecule has 0 radical (unpaired) electrons. The van der Waals surface area contributed by atoms with Gasteiger partial charge in [0.2, 0.25) is 5.91 Å². The highest BCUT2D eigenvalue weighted by molar-refractivity contribution is 6.39. The molecule has 26 heavy (non-hydrogen) atoms. The van der Waals surface area contributed by atoms with Gasteiger partial charge >= 0.3 is 5.97 Å². The van der Waals surface area contributed by atoms with E-state index in [1.165, 1.54) is 0 Å². The van der Waals surface area contributed by atoms with Crippen LogP contribution in [0.25, 0.3) is 0 Å². The monoisotopic (exact) mass is 393 g/mol. The zero-order chi connectivity index (χ0) is 18.9. The van der Waals surface area contributed by atoms with Crippen LogP contribution in [0.5, 0.6) is 0 Å². The number of benzene rings is 2. The lowest BCUT2D eigenvalue weighted by molar-refractivity contribution is -0.148. The molecule has 0 saturated carbocycles. The van der Waals surface area contributed by atoms with Crippen molar-refractivity contribution in [2.24, 2.45) is 5.92 Å². The Labute approximate surface area is 163 Å². The topological polar surface area (TPSA) is 55.4 Å². The number of halogens is 2. The minimum atomic E-state index is -0.384. The second-order valence-corrected chi connectivity index (χ2v) is 6.64. The molecule has 1 unspecified atom stereocenters. The predicted molar refractivity (Wildman–Crippen MR) is 105 cm³/mol. The summed E-state index contributed by atoms with van der Waals surface area (Å²) in [4.78, 5) is 24.5. The van der Waals surface area contributed by atoms with E-state index < -0.39 is 0 Å². The highest BCUT2D eigenvalue weighted by Gasteiger charge is 2.22. The van der Waals surface area contributed by atoms with Crippen LogP contribution in [0, 0.1) is 5.92 Å². The maximum atomic E-state index is 12.3. The average molecular weight is 394 g/mol. The fraction of sp³-hybridized carbons (Fsp3) is 0.300. The number of esters is 1. The van der Waals surface area contributed by atoms with Gasteiger partial charge < -0.3 is 10.1 Å². The third-order valence-corrected chi connectivity index (χ3v) is 4.52. The molecule has 0 aliphatic carbocycles. The van der Waals surface area contributed by atoms with Crippen LogP contribution in [0.2, 0.25) is 10.0 Å². The van der Waals surface area contributed by atoms with Crippen LogP contribution in [0.1, 0.15) is 25.3 Å². The maximum Gasteiger partial charge on any atom is 0.309 e. The standard InChI is InChI=1S/C20H21Cl2NO3/c1-2-26-20(25)15(13-14-7-4-3-5-8-14)11-12-18(24)23-19-16(21)9-6-10-17(19)22/h3-10,15H,2,11-13H2,1H3,(H,23,24). The molecular formula is C20H21Cl2NO3. The molecule has 138 valence electrons. The van der Waals surface area contributed by atoms with Crippen molar-refractivity contribution in [2.75, 3.05) is 11.9 Å². The first-order valence-electron chi connectivity index (χ1n) is 8.45. The second-order valence-electron chi connectivity index (χ2n) is 5.82. The van der Waals surface area contributed by atoms with E-state index in [1.54, 1.807) is 25.1 Å². The Morgan fingerprint density at radius 3 is 2.31 bits per heavy atom. The van der Waals surface area contributed by atoms with Gasteiger partial charge in [-0.3, -0.25) is 9.59 Å². The molecule has 2 aromatic carbocycles. The molecule has 0 aromatic heterocycles. The normalized spacial score (nSPS) is 11.7. The Hall–Kier alpha value is -2.04. The van der Waals surface area contributed by atoms with Crippen molar-refractivity contribution >= 4 is 40.8 Å². The summed E-state index contributed by atoms with van der Waals surface area (Å²) in [5, 5.41) is 3.46. The SMILES string of the molecule is CCOC(=O)C(CCC(=O)Nc1c(Cl)cccc1Cl)Cc1ccccc1. The molecule has 0 heterocycles. The van der Waals surface area contributed by atoms with Crippen LogP contribution in [0.15, 0.2) is 48.5 Å². The average Bonchev–Trinajstić information content (AvgIpc) is 2.63. The molecule has 4 nitrogen and oxygen atoms in total. The number of hydrogen-bond donors (Lipinski definition) is 1. The molecule has 0 bridgehead atoms. The summed E-state index contributed by atoms with van der Waals surface area (Å²) in [6.45, 7) is 2.08. The minimum Gasteiger partial charge on any atom is -0.466 e.